The molecule has 0 unspecified atom stereocenters. The number of carbonyl (C=O) groups is 3. The first-order chi connectivity index (χ1) is 22.4. The minimum Gasteiger partial charge on any atom is -0.507 e. The largest absolute Gasteiger partial charge is 0.507 e. The summed E-state index contributed by atoms with van der Waals surface area (Å²) in [6.45, 7) is 5.44. The summed E-state index contributed by atoms with van der Waals surface area (Å²) in [5.41, 5.74) is 12.8. The number of hydrogen-bond acceptors (Lipinski definition) is 13. The third-order valence-electron chi connectivity index (χ3n) is 6.25. The molecule has 1 aromatic carbocycles. The number of carboxylic acid groups (broad SMARTS) is 1. The van der Waals surface area contributed by atoms with Gasteiger partial charge in [-0.1, -0.05) is 12.1 Å². The Kier molecular flexibility index (Phi) is 17.0. The molecule has 0 saturated carbocycles. The highest BCUT2D eigenvalue weighted by Gasteiger charge is 2.38. The molecule has 0 spiro atoms. The number of ether oxygens (including phenoxy) is 5. The van der Waals surface area contributed by atoms with E-state index in [1.807, 2.05) is 17.0 Å². The molecule has 1 aliphatic rings. The summed E-state index contributed by atoms with van der Waals surface area (Å²) in [6, 6.07) is 8.75. The zero-order valence-electron chi connectivity index (χ0n) is 25.5. The number of rotatable bonds is 17. The van der Waals surface area contributed by atoms with E-state index in [4.69, 9.17) is 40.3 Å². The summed E-state index contributed by atoms with van der Waals surface area (Å²) in [4.78, 5) is 35.8. The number of aromatic hydroxyl groups is 1. The van der Waals surface area contributed by atoms with Gasteiger partial charge in [-0.25, -0.2) is 9.59 Å². The quantitative estimate of drug-likeness (QED) is 0.173. The molecule has 19 heteroatoms. The molecule has 0 radical (unpaired) electrons. The SMILES string of the molecule is NC(=O)OCCOCCOCCOCCOCCC(=O)N1CCN(c2cc(-c3ccccc3O)nnc2N)CC1.O=C(O)C(F)(F)F. The van der Waals surface area contributed by atoms with Crippen LogP contribution in [0.25, 0.3) is 11.3 Å². The lowest BCUT2D eigenvalue weighted by molar-refractivity contribution is -0.192. The molecule has 6 N–H and O–H groups in total. The van der Waals surface area contributed by atoms with Crippen LogP contribution in [-0.4, -0.2) is 135 Å². The molecule has 0 bridgehead atoms. The van der Waals surface area contributed by atoms with Crippen LogP contribution < -0.4 is 16.4 Å². The number of halogens is 3. The van der Waals surface area contributed by atoms with Crippen LogP contribution in [0.1, 0.15) is 6.42 Å². The predicted molar refractivity (Wildman–Crippen MR) is 159 cm³/mol. The van der Waals surface area contributed by atoms with Crippen molar-refractivity contribution in [1.29, 1.82) is 0 Å². The van der Waals surface area contributed by atoms with Crippen molar-refractivity contribution >= 4 is 29.5 Å². The van der Waals surface area contributed by atoms with Crippen LogP contribution in [0.2, 0.25) is 0 Å². The second kappa shape index (κ2) is 20.6. The van der Waals surface area contributed by atoms with Gasteiger partial charge in [0.15, 0.2) is 5.82 Å². The van der Waals surface area contributed by atoms with Crippen molar-refractivity contribution in [2.75, 3.05) is 96.3 Å². The van der Waals surface area contributed by atoms with E-state index in [0.717, 1.165) is 5.69 Å². The highest BCUT2D eigenvalue weighted by atomic mass is 19.4. The summed E-state index contributed by atoms with van der Waals surface area (Å²) in [6.07, 6.45) is -5.61. The zero-order chi connectivity index (χ0) is 34.7. The van der Waals surface area contributed by atoms with Crippen LogP contribution in [0.5, 0.6) is 5.75 Å². The van der Waals surface area contributed by atoms with Gasteiger partial charge >= 0.3 is 18.2 Å². The number of carbonyl (C=O) groups excluding carboxylic acids is 2. The molecule has 262 valence electrons. The normalized spacial score (nSPS) is 13.1. The maximum atomic E-state index is 12.6. The van der Waals surface area contributed by atoms with Gasteiger partial charge in [0.25, 0.3) is 0 Å². The summed E-state index contributed by atoms with van der Waals surface area (Å²) >= 11 is 0. The smallest absolute Gasteiger partial charge is 0.490 e. The van der Waals surface area contributed by atoms with E-state index in [1.54, 1.807) is 18.2 Å². The first kappa shape index (κ1) is 38.7. The van der Waals surface area contributed by atoms with Crippen LogP contribution >= 0.6 is 0 Å². The number of hydrogen-bond donors (Lipinski definition) is 4. The van der Waals surface area contributed by atoms with E-state index in [-0.39, 0.29) is 24.9 Å². The molecule has 1 fully saturated rings. The first-order valence-electron chi connectivity index (χ1n) is 14.4. The lowest BCUT2D eigenvalue weighted by atomic mass is 10.1. The van der Waals surface area contributed by atoms with Gasteiger partial charge in [-0.2, -0.15) is 13.2 Å². The monoisotopic (exact) mass is 676 g/mol. The minimum absolute atomic E-state index is 0.0353. The average Bonchev–Trinajstić information content (AvgIpc) is 3.03. The van der Waals surface area contributed by atoms with Crippen molar-refractivity contribution in [3.63, 3.8) is 0 Å². The second-order valence-corrected chi connectivity index (χ2v) is 9.55. The van der Waals surface area contributed by atoms with Crippen molar-refractivity contribution in [2.24, 2.45) is 5.73 Å². The molecule has 1 aromatic heterocycles. The Morgan fingerprint density at radius 1 is 0.830 bits per heavy atom. The molecule has 2 aromatic rings. The highest BCUT2D eigenvalue weighted by Crippen LogP contribution is 2.31. The molecule has 3 rings (SSSR count). The summed E-state index contributed by atoms with van der Waals surface area (Å²) < 4.78 is 57.8. The molecule has 1 aliphatic heterocycles. The Morgan fingerprint density at radius 3 is 1.85 bits per heavy atom. The molecule has 2 amide bonds. The van der Waals surface area contributed by atoms with Gasteiger partial charge in [-0.15, -0.1) is 10.2 Å². The van der Waals surface area contributed by atoms with E-state index >= 15 is 0 Å². The molecule has 47 heavy (non-hydrogen) atoms. The average molecular weight is 677 g/mol. The number of benzene rings is 1. The van der Waals surface area contributed by atoms with Gasteiger partial charge < -0.3 is 55.2 Å². The van der Waals surface area contributed by atoms with E-state index in [1.165, 1.54) is 0 Å². The van der Waals surface area contributed by atoms with E-state index in [2.05, 4.69) is 19.8 Å². The topological polar surface area (TPSA) is 222 Å². The Labute approximate surface area is 268 Å². The molecule has 0 aliphatic carbocycles. The Morgan fingerprint density at radius 2 is 1.34 bits per heavy atom. The second-order valence-electron chi connectivity index (χ2n) is 9.55. The Balaban J connectivity index is 0.000000984. The summed E-state index contributed by atoms with van der Waals surface area (Å²) in [7, 11) is 0. The fourth-order valence-corrected chi connectivity index (χ4v) is 3.94. The lowest BCUT2D eigenvalue weighted by Gasteiger charge is -2.36. The van der Waals surface area contributed by atoms with Crippen molar-refractivity contribution in [3.8, 4) is 17.0 Å². The number of nitrogens with zero attached hydrogens (tertiary/aromatic N) is 4. The summed E-state index contributed by atoms with van der Waals surface area (Å²) in [5, 5.41) is 25.5. The number of phenolic OH excluding ortho intramolecular Hbond substituents is 1. The van der Waals surface area contributed by atoms with Gasteiger partial charge in [0.2, 0.25) is 5.91 Å². The molecular formula is C28H39F3N6O10. The summed E-state index contributed by atoms with van der Waals surface area (Å²) in [5.74, 6) is -2.30. The fraction of sp³-hybridized carbons (Fsp3) is 0.536. The van der Waals surface area contributed by atoms with Crippen molar-refractivity contribution < 1.29 is 61.5 Å². The third kappa shape index (κ3) is 15.1. The van der Waals surface area contributed by atoms with E-state index in [9.17, 15) is 27.9 Å². The van der Waals surface area contributed by atoms with Crippen LogP contribution in [-0.2, 0) is 33.3 Å². The predicted octanol–water partition coefficient (Wildman–Crippen LogP) is 1.27. The van der Waals surface area contributed by atoms with Gasteiger partial charge in [0.05, 0.1) is 70.7 Å². The number of phenols is 1. The third-order valence-corrected chi connectivity index (χ3v) is 6.25. The number of alkyl halides is 3. The maximum Gasteiger partial charge on any atom is 0.490 e. The van der Waals surface area contributed by atoms with E-state index < -0.39 is 18.2 Å². The number of amides is 2. The molecule has 1 saturated heterocycles. The van der Waals surface area contributed by atoms with Crippen molar-refractivity contribution in [1.82, 2.24) is 15.1 Å². The number of anilines is 2. The number of aliphatic carboxylic acids is 1. The number of primary amides is 1. The lowest BCUT2D eigenvalue weighted by Crippen LogP contribution is -2.49. The van der Waals surface area contributed by atoms with Crippen LogP contribution in [0, 0.1) is 0 Å². The van der Waals surface area contributed by atoms with Crippen LogP contribution in [0.3, 0.4) is 0 Å². The molecule has 2 heterocycles. The number of aromatic nitrogens is 2. The van der Waals surface area contributed by atoms with Crippen LogP contribution in [0.15, 0.2) is 30.3 Å². The Hall–Kier alpha value is -4.46. The number of nitrogens with two attached hydrogens (primary N) is 2. The van der Waals surface area contributed by atoms with E-state index in [0.29, 0.717) is 95.9 Å². The van der Waals surface area contributed by atoms with Crippen molar-refractivity contribution in [3.05, 3.63) is 30.3 Å². The standard InChI is InChI=1S/C26H38N6O8.C2HF3O2/c27-25-22(19-21(29-30-25)20-3-1-2-4-23(20)33)31-6-8-32(9-7-31)24(34)5-10-36-11-12-37-13-14-38-15-16-39-17-18-40-26(28)35;3-2(4,5)1(6)7/h1-4,19,33H,5-18H2,(H2,27,30)(H2,28,35);(H,6,7). The van der Waals surface area contributed by atoms with Crippen LogP contribution in [0.4, 0.5) is 29.5 Å². The minimum atomic E-state index is -5.08. The number of carboxylic acids is 1. The van der Waals surface area contributed by atoms with Gasteiger partial charge in [-0.05, 0) is 18.2 Å². The molecular weight excluding hydrogens is 637 g/mol. The van der Waals surface area contributed by atoms with Gasteiger partial charge in [-0.3, -0.25) is 4.79 Å². The first-order valence-corrected chi connectivity index (χ1v) is 14.4. The Bertz CT molecular complexity index is 1270. The number of para-hydroxylation sites is 1. The van der Waals surface area contributed by atoms with Crippen molar-refractivity contribution in [2.45, 2.75) is 12.6 Å². The highest BCUT2D eigenvalue weighted by molar-refractivity contribution is 5.77. The van der Waals surface area contributed by atoms with Gasteiger partial charge in [0.1, 0.15) is 12.4 Å². The fourth-order valence-electron chi connectivity index (χ4n) is 3.94. The zero-order valence-corrected chi connectivity index (χ0v) is 25.5. The maximum absolute atomic E-state index is 12.6. The number of nitrogen functional groups attached to an aromatic ring is 1. The molecule has 16 nitrogen and oxygen atoms in total. The van der Waals surface area contributed by atoms with Gasteiger partial charge in [0, 0.05) is 31.7 Å². The number of piperazine rings is 1. The molecule has 0 atom stereocenters.